The highest BCUT2D eigenvalue weighted by molar-refractivity contribution is 5.93. The van der Waals surface area contributed by atoms with Gasteiger partial charge in [-0.3, -0.25) is 30.0 Å². The molecule has 2 N–H and O–H groups in total. The minimum atomic E-state index is -0.974. The number of phenolic OH excluding ortho intramolecular Hbond substituents is 1. The lowest BCUT2D eigenvalue weighted by Gasteiger charge is -2.01. The highest BCUT2D eigenvalue weighted by Gasteiger charge is 2.23. The van der Waals surface area contributed by atoms with Crippen LogP contribution in [0.25, 0.3) is 0 Å². The van der Waals surface area contributed by atoms with Crippen LogP contribution in [0.15, 0.2) is 35.8 Å². The number of hydrazone groups is 1. The molecule has 122 valence electrons. The van der Waals surface area contributed by atoms with Gasteiger partial charge >= 0.3 is 5.69 Å². The number of benzene rings is 1. The van der Waals surface area contributed by atoms with E-state index in [0.717, 1.165) is 12.3 Å². The van der Waals surface area contributed by atoms with Crippen molar-refractivity contribution in [3.05, 3.63) is 62.2 Å². The maximum Gasteiger partial charge on any atom is 0.318 e. The van der Waals surface area contributed by atoms with Crippen LogP contribution >= 0.6 is 0 Å². The number of carbonyl (C=O) groups excluding carboxylic acids is 1. The van der Waals surface area contributed by atoms with Crippen molar-refractivity contribution in [3.63, 3.8) is 0 Å². The lowest BCUT2D eigenvalue weighted by Crippen LogP contribution is -2.19. The third kappa shape index (κ3) is 3.62. The summed E-state index contributed by atoms with van der Waals surface area (Å²) in [5, 5.41) is 34.8. The minimum absolute atomic E-state index is 0.0381. The van der Waals surface area contributed by atoms with E-state index in [9.17, 15) is 30.1 Å². The summed E-state index contributed by atoms with van der Waals surface area (Å²) in [6, 6.07) is 1.49. The Morgan fingerprint density at radius 3 is 2.58 bits per heavy atom. The number of carbonyl (C=O) groups is 1. The van der Waals surface area contributed by atoms with Crippen molar-refractivity contribution in [2.24, 2.45) is 5.10 Å². The maximum atomic E-state index is 11.7. The van der Waals surface area contributed by atoms with E-state index in [1.165, 1.54) is 18.6 Å². The van der Waals surface area contributed by atoms with E-state index in [1.54, 1.807) is 0 Å². The summed E-state index contributed by atoms with van der Waals surface area (Å²) in [7, 11) is 0. The lowest BCUT2D eigenvalue weighted by molar-refractivity contribution is -0.394. The second kappa shape index (κ2) is 6.87. The molecule has 0 saturated carbocycles. The standard InChI is InChI=1S/C12H8N6O6/c19-11-7(3-8(17(21)22)4-10(11)18(23)24)5-15-16-12(20)9-6-13-1-2-14-9/h1-6,19H,(H,16,20)/b15-5-. The molecule has 0 spiro atoms. The Hall–Kier alpha value is -3.96. The van der Waals surface area contributed by atoms with Crippen LogP contribution in [0.5, 0.6) is 5.75 Å². The summed E-state index contributed by atoms with van der Waals surface area (Å²) in [5.74, 6) is -1.54. The van der Waals surface area contributed by atoms with Gasteiger partial charge in [0.05, 0.1) is 33.9 Å². The average molecular weight is 332 g/mol. The van der Waals surface area contributed by atoms with Gasteiger partial charge in [0.25, 0.3) is 11.6 Å². The first-order valence-electron chi connectivity index (χ1n) is 6.15. The van der Waals surface area contributed by atoms with Crippen LogP contribution in [0.3, 0.4) is 0 Å². The predicted molar refractivity (Wildman–Crippen MR) is 78.5 cm³/mol. The molecule has 1 heterocycles. The number of hydrogen-bond acceptors (Lipinski definition) is 9. The number of phenols is 1. The Morgan fingerprint density at radius 1 is 1.25 bits per heavy atom. The minimum Gasteiger partial charge on any atom is -0.502 e. The molecular weight excluding hydrogens is 324 g/mol. The number of aromatic hydroxyl groups is 1. The molecule has 0 aliphatic rings. The van der Waals surface area contributed by atoms with Gasteiger partial charge in [-0.1, -0.05) is 0 Å². The zero-order valence-electron chi connectivity index (χ0n) is 11.7. The number of nitrogens with one attached hydrogen (secondary N) is 1. The van der Waals surface area contributed by atoms with E-state index in [-0.39, 0.29) is 11.3 Å². The van der Waals surface area contributed by atoms with Crippen molar-refractivity contribution in [1.29, 1.82) is 0 Å². The second-order valence-electron chi connectivity index (χ2n) is 4.21. The van der Waals surface area contributed by atoms with Gasteiger partial charge < -0.3 is 5.11 Å². The molecule has 0 radical (unpaired) electrons. The van der Waals surface area contributed by atoms with Crippen LogP contribution in [0.2, 0.25) is 0 Å². The molecule has 12 nitrogen and oxygen atoms in total. The zero-order chi connectivity index (χ0) is 17.7. The summed E-state index contributed by atoms with van der Waals surface area (Å²) in [6.45, 7) is 0. The van der Waals surface area contributed by atoms with Gasteiger partial charge in [0.1, 0.15) is 5.69 Å². The summed E-state index contributed by atoms with van der Waals surface area (Å²) >= 11 is 0. The van der Waals surface area contributed by atoms with Crippen LogP contribution < -0.4 is 5.43 Å². The van der Waals surface area contributed by atoms with Crippen LogP contribution in [0, 0.1) is 20.2 Å². The molecule has 0 unspecified atom stereocenters. The Kier molecular flexibility index (Phi) is 4.70. The van der Waals surface area contributed by atoms with E-state index in [1.807, 2.05) is 5.43 Å². The van der Waals surface area contributed by atoms with Gasteiger partial charge in [0, 0.05) is 18.5 Å². The molecular formula is C12H8N6O6. The Balaban J connectivity index is 2.27. The Labute approximate surface area is 132 Å². The number of amides is 1. The summed E-state index contributed by atoms with van der Waals surface area (Å²) in [4.78, 5) is 38.8. The molecule has 0 atom stereocenters. The third-order valence-electron chi connectivity index (χ3n) is 2.68. The van der Waals surface area contributed by atoms with Crippen molar-refractivity contribution in [1.82, 2.24) is 15.4 Å². The summed E-state index contributed by atoms with van der Waals surface area (Å²) in [5.41, 5.74) is 0.236. The number of non-ortho nitro benzene ring substituents is 1. The number of hydrogen-bond donors (Lipinski definition) is 2. The molecule has 2 aromatic rings. The highest BCUT2D eigenvalue weighted by Crippen LogP contribution is 2.33. The quantitative estimate of drug-likeness (QED) is 0.458. The van der Waals surface area contributed by atoms with Crippen LogP contribution in [0.1, 0.15) is 16.1 Å². The fraction of sp³-hybridized carbons (Fsp3) is 0. The maximum absolute atomic E-state index is 11.7. The summed E-state index contributed by atoms with van der Waals surface area (Å²) < 4.78 is 0. The molecule has 1 aromatic carbocycles. The smallest absolute Gasteiger partial charge is 0.318 e. The largest absolute Gasteiger partial charge is 0.502 e. The van der Waals surface area contributed by atoms with Gasteiger partial charge in [0.2, 0.25) is 5.75 Å². The molecule has 1 aromatic heterocycles. The molecule has 0 bridgehead atoms. The number of nitro benzene ring substituents is 2. The van der Waals surface area contributed by atoms with Crippen molar-refractivity contribution in [3.8, 4) is 5.75 Å². The zero-order valence-corrected chi connectivity index (χ0v) is 11.7. The second-order valence-corrected chi connectivity index (χ2v) is 4.21. The van der Waals surface area contributed by atoms with E-state index in [0.29, 0.717) is 6.07 Å². The fourth-order valence-corrected chi connectivity index (χ4v) is 1.60. The number of rotatable bonds is 5. The predicted octanol–water partition coefficient (Wildman–Crippen LogP) is 0.762. The average Bonchev–Trinajstić information content (AvgIpc) is 2.56. The first kappa shape index (κ1) is 16.4. The Morgan fingerprint density at radius 2 is 2.00 bits per heavy atom. The van der Waals surface area contributed by atoms with E-state index < -0.39 is 32.9 Å². The molecule has 0 aliphatic carbocycles. The van der Waals surface area contributed by atoms with Crippen molar-refractivity contribution in [2.75, 3.05) is 0 Å². The van der Waals surface area contributed by atoms with Gasteiger partial charge in [0.15, 0.2) is 0 Å². The Bertz CT molecular complexity index is 837. The number of nitro groups is 2. The van der Waals surface area contributed by atoms with Gasteiger partial charge in [-0.2, -0.15) is 5.10 Å². The van der Waals surface area contributed by atoms with E-state index in [4.69, 9.17) is 0 Å². The van der Waals surface area contributed by atoms with Crippen LogP contribution in [-0.4, -0.2) is 37.0 Å². The SMILES string of the molecule is O=C(N/N=C\c1cc([N+](=O)[O-])cc([N+](=O)[O-])c1O)c1cnccn1. The van der Waals surface area contributed by atoms with Crippen LogP contribution in [0.4, 0.5) is 11.4 Å². The molecule has 12 heteroatoms. The highest BCUT2D eigenvalue weighted by atomic mass is 16.6. The van der Waals surface area contributed by atoms with E-state index in [2.05, 4.69) is 15.1 Å². The topological polar surface area (TPSA) is 174 Å². The van der Waals surface area contributed by atoms with E-state index >= 15 is 0 Å². The third-order valence-corrected chi connectivity index (χ3v) is 2.68. The van der Waals surface area contributed by atoms with Crippen molar-refractivity contribution in [2.45, 2.75) is 0 Å². The fourth-order valence-electron chi connectivity index (χ4n) is 1.60. The molecule has 24 heavy (non-hydrogen) atoms. The lowest BCUT2D eigenvalue weighted by atomic mass is 10.1. The first-order chi connectivity index (χ1) is 11.4. The van der Waals surface area contributed by atoms with Gasteiger partial charge in [-0.25, -0.2) is 10.4 Å². The van der Waals surface area contributed by atoms with Gasteiger partial charge in [-0.15, -0.1) is 0 Å². The van der Waals surface area contributed by atoms with Crippen LogP contribution in [-0.2, 0) is 0 Å². The molecule has 0 aliphatic heterocycles. The monoisotopic (exact) mass is 332 g/mol. The first-order valence-corrected chi connectivity index (χ1v) is 6.15. The molecule has 0 saturated heterocycles. The van der Waals surface area contributed by atoms with Crippen molar-refractivity contribution < 1.29 is 19.7 Å². The number of nitrogens with zero attached hydrogens (tertiary/aromatic N) is 5. The normalized spacial score (nSPS) is 10.5. The summed E-state index contributed by atoms with van der Waals surface area (Å²) in [6.07, 6.45) is 4.67. The molecule has 1 amide bonds. The van der Waals surface area contributed by atoms with Crippen molar-refractivity contribution >= 4 is 23.5 Å². The molecule has 0 fully saturated rings. The number of aromatic nitrogens is 2. The molecule has 2 rings (SSSR count). The van der Waals surface area contributed by atoms with Gasteiger partial charge in [-0.05, 0) is 0 Å².